The molecule has 0 aliphatic carbocycles. The molecule has 0 saturated carbocycles. The number of rotatable bonds is 6. The first-order valence-electron chi connectivity index (χ1n) is 7.06. The van der Waals surface area contributed by atoms with Crippen LogP contribution in [-0.2, 0) is 10.2 Å². The molecule has 3 heteroatoms. The molecule has 0 fully saturated rings. The minimum atomic E-state index is -0.126. The van der Waals surface area contributed by atoms with Crippen molar-refractivity contribution in [1.82, 2.24) is 0 Å². The second-order valence-corrected chi connectivity index (χ2v) is 5.54. The highest BCUT2D eigenvalue weighted by Gasteiger charge is 2.22. The van der Waals surface area contributed by atoms with Gasteiger partial charge in [0.15, 0.2) is 0 Å². The fraction of sp³-hybridized carbons (Fsp3) is 0.333. The van der Waals surface area contributed by atoms with Gasteiger partial charge in [-0.05, 0) is 35.4 Å². The summed E-state index contributed by atoms with van der Waals surface area (Å²) in [5.74, 6) is 1.13. The summed E-state index contributed by atoms with van der Waals surface area (Å²) in [5.41, 5.74) is 2.24. The molecule has 0 amide bonds. The van der Waals surface area contributed by atoms with E-state index in [1.165, 1.54) is 5.56 Å². The van der Waals surface area contributed by atoms with Gasteiger partial charge in [-0.1, -0.05) is 38.1 Å². The zero-order valence-electron chi connectivity index (χ0n) is 12.8. The number of methoxy groups -OCH3 is 1. The lowest BCUT2D eigenvalue weighted by atomic mass is 9.78. The number of hydrogen-bond donors (Lipinski definition) is 1. The van der Waals surface area contributed by atoms with E-state index >= 15 is 0 Å². The molecule has 0 bridgehead atoms. The van der Waals surface area contributed by atoms with Gasteiger partial charge in [0.2, 0.25) is 0 Å². The van der Waals surface area contributed by atoms with Crippen molar-refractivity contribution in [3.05, 3.63) is 59.7 Å². The molecule has 0 aliphatic heterocycles. The molecule has 2 aromatic carbocycles. The van der Waals surface area contributed by atoms with Crippen LogP contribution in [0.5, 0.6) is 11.5 Å². The second-order valence-electron chi connectivity index (χ2n) is 5.54. The molecule has 3 nitrogen and oxygen atoms in total. The third-order valence-electron chi connectivity index (χ3n) is 3.72. The van der Waals surface area contributed by atoms with Crippen LogP contribution in [0.2, 0.25) is 0 Å². The van der Waals surface area contributed by atoms with Crippen LogP contribution in [0, 0.1) is 0 Å². The summed E-state index contributed by atoms with van der Waals surface area (Å²) in [6, 6.07) is 15.5. The normalized spacial score (nSPS) is 11.4. The van der Waals surface area contributed by atoms with E-state index < -0.39 is 0 Å². The predicted molar refractivity (Wildman–Crippen MR) is 84.0 cm³/mol. The maximum Gasteiger partial charge on any atom is 0.119 e. The van der Waals surface area contributed by atoms with E-state index in [0.29, 0.717) is 13.2 Å². The number of ether oxygens (including phenoxy) is 2. The molecular formula is C18H22O3. The minimum Gasteiger partial charge on any atom is -0.508 e. The van der Waals surface area contributed by atoms with Crippen LogP contribution in [0.4, 0.5) is 0 Å². The molecule has 0 aliphatic rings. The van der Waals surface area contributed by atoms with Crippen LogP contribution in [-0.4, -0.2) is 25.4 Å². The molecule has 21 heavy (non-hydrogen) atoms. The summed E-state index contributed by atoms with van der Waals surface area (Å²) in [4.78, 5) is 0. The monoisotopic (exact) mass is 286 g/mol. The Kier molecular flexibility index (Phi) is 4.86. The van der Waals surface area contributed by atoms with Crippen molar-refractivity contribution in [2.24, 2.45) is 0 Å². The SMILES string of the molecule is COCCOc1ccc(C(C)(C)c2ccc(O)cc2)cc1. The standard InChI is InChI=1S/C18H22O3/c1-18(2,14-4-8-16(19)9-5-14)15-6-10-17(11-7-15)21-13-12-20-3/h4-11,19H,12-13H2,1-3H3. The van der Waals surface area contributed by atoms with Crippen LogP contribution in [0.3, 0.4) is 0 Å². The van der Waals surface area contributed by atoms with Crippen LogP contribution in [0.15, 0.2) is 48.5 Å². The highest BCUT2D eigenvalue weighted by atomic mass is 16.5. The third kappa shape index (κ3) is 3.76. The van der Waals surface area contributed by atoms with Crippen molar-refractivity contribution in [2.45, 2.75) is 19.3 Å². The van der Waals surface area contributed by atoms with Gasteiger partial charge < -0.3 is 14.6 Å². The Morgan fingerprint density at radius 1 is 0.857 bits per heavy atom. The zero-order chi connectivity index (χ0) is 15.3. The number of hydrogen-bond acceptors (Lipinski definition) is 3. The number of benzene rings is 2. The van der Waals surface area contributed by atoms with E-state index in [2.05, 4.69) is 26.0 Å². The van der Waals surface area contributed by atoms with E-state index in [0.717, 1.165) is 11.3 Å². The molecule has 0 saturated heterocycles. The first-order chi connectivity index (χ1) is 10.0. The van der Waals surface area contributed by atoms with Gasteiger partial charge in [-0.3, -0.25) is 0 Å². The molecule has 2 rings (SSSR count). The number of phenolic OH excluding ortho intramolecular Hbond substituents is 1. The topological polar surface area (TPSA) is 38.7 Å². The van der Waals surface area contributed by atoms with Crippen LogP contribution in [0.25, 0.3) is 0 Å². The lowest BCUT2D eigenvalue weighted by molar-refractivity contribution is 0.146. The van der Waals surface area contributed by atoms with Crippen LogP contribution in [0.1, 0.15) is 25.0 Å². The smallest absolute Gasteiger partial charge is 0.119 e. The van der Waals surface area contributed by atoms with Gasteiger partial charge >= 0.3 is 0 Å². The van der Waals surface area contributed by atoms with Gasteiger partial charge in [0, 0.05) is 12.5 Å². The first-order valence-corrected chi connectivity index (χ1v) is 7.06. The molecule has 0 radical (unpaired) electrons. The molecule has 2 aromatic rings. The number of aromatic hydroxyl groups is 1. The van der Waals surface area contributed by atoms with Crippen molar-refractivity contribution in [3.63, 3.8) is 0 Å². The molecule has 0 aromatic heterocycles. The zero-order valence-corrected chi connectivity index (χ0v) is 12.8. The van der Waals surface area contributed by atoms with Crippen LogP contribution < -0.4 is 4.74 Å². The van der Waals surface area contributed by atoms with E-state index in [1.807, 2.05) is 24.3 Å². The predicted octanol–water partition coefficient (Wildman–Crippen LogP) is 3.74. The van der Waals surface area contributed by atoms with E-state index in [1.54, 1.807) is 19.2 Å². The summed E-state index contributed by atoms with van der Waals surface area (Å²) in [6.07, 6.45) is 0. The van der Waals surface area contributed by atoms with Gasteiger partial charge in [0.05, 0.1) is 6.61 Å². The van der Waals surface area contributed by atoms with Gasteiger partial charge in [0.1, 0.15) is 18.1 Å². The minimum absolute atomic E-state index is 0.126. The Morgan fingerprint density at radius 2 is 1.38 bits per heavy atom. The Balaban J connectivity index is 2.14. The van der Waals surface area contributed by atoms with Crippen molar-refractivity contribution < 1.29 is 14.6 Å². The molecule has 112 valence electrons. The molecule has 0 unspecified atom stereocenters. The first kappa shape index (κ1) is 15.4. The average Bonchev–Trinajstić information content (AvgIpc) is 2.48. The fourth-order valence-corrected chi connectivity index (χ4v) is 2.26. The van der Waals surface area contributed by atoms with Crippen molar-refractivity contribution in [1.29, 1.82) is 0 Å². The summed E-state index contributed by atoms with van der Waals surface area (Å²) >= 11 is 0. The Labute approximate surface area is 126 Å². The summed E-state index contributed by atoms with van der Waals surface area (Å²) in [7, 11) is 1.66. The van der Waals surface area contributed by atoms with Gasteiger partial charge in [-0.2, -0.15) is 0 Å². The summed E-state index contributed by atoms with van der Waals surface area (Å²) in [6.45, 7) is 5.47. The Morgan fingerprint density at radius 3 is 1.90 bits per heavy atom. The van der Waals surface area contributed by atoms with Gasteiger partial charge in [0.25, 0.3) is 0 Å². The maximum atomic E-state index is 9.41. The van der Waals surface area contributed by atoms with Crippen LogP contribution >= 0.6 is 0 Å². The molecule has 1 N–H and O–H groups in total. The largest absolute Gasteiger partial charge is 0.508 e. The van der Waals surface area contributed by atoms with Crippen molar-refractivity contribution >= 4 is 0 Å². The number of phenols is 1. The summed E-state index contributed by atoms with van der Waals surface area (Å²) in [5, 5.41) is 9.41. The Bertz CT molecular complexity index is 556. The van der Waals surface area contributed by atoms with Crippen molar-refractivity contribution in [2.75, 3.05) is 20.3 Å². The van der Waals surface area contributed by atoms with Gasteiger partial charge in [-0.25, -0.2) is 0 Å². The second kappa shape index (κ2) is 6.64. The van der Waals surface area contributed by atoms with E-state index in [-0.39, 0.29) is 11.2 Å². The molecule has 0 atom stereocenters. The lowest BCUT2D eigenvalue weighted by Crippen LogP contribution is -2.18. The van der Waals surface area contributed by atoms with E-state index in [9.17, 15) is 5.11 Å². The highest BCUT2D eigenvalue weighted by Crippen LogP contribution is 2.33. The molecule has 0 spiro atoms. The van der Waals surface area contributed by atoms with Crippen molar-refractivity contribution in [3.8, 4) is 11.5 Å². The molecular weight excluding hydrogens is 264 g/mol. The highest BCUT2D eigenvalue weighted by molar-refractivity contribution is 5.41. The fourth-order valence-electron chi connectivity index (χ4n) is 2.26. The average molecular weight is 286 g/mol. The quantitative estimate of drug-likeness (QED) is 0.822. The molecule has 0 heterocycles. The maximum absolute atomic E-state index is 9.41. The third-order valence-corrected chi connectivity index (χ3v) is 3.72. The lowest BCUT2D eigenvalue weighted by Gasteiger charge is -2.26. The Hall–Kier alpha value is -2.00. The van der Waals surface area contributed by atoms with E-state index in [4.69, 9.17) is 9.47 Å². The summed E-state index contributed by atoms with van der Waals surface area (Å²) < 4.78 is 10.5. The van der Waals surface area contributed by atoms with Gasteiger partial charge in [-0.15, -0.1) is 0 Å².